The summed E-state index contributed by atoms with van der Waals surface area (Å²) >= 11 is 7.34. The molecule has 1 atom stereocenters. The Bertz CT molecular complexity index is 540. The molecule has 1 heterocycles. The van der Waals surface area contributed by atoms with Gasteiger partial charge in [-0.25, -0.2) is 0 Å². The molecule has 20 heavy (non-hydrogen) atoms. The number of carbonyl (C=O) groups is 1. The van der Waals surface area contributed by atoms with Crippen molar-refractivity contribution >= 4 is 29.3 Å². The number of hydrogen-bond donors (Lipinski definition) is 1. The first-order valence-corrected chi connectivity index (χ1v) is 7.63. The number of carbonyl (C=O) groups excluding carboxylic acids is 1. The zero-order chi connectivity index (χ0) is 14.4. The van der Waals surface area contributed by atoms with Gasteiger partial charge >= 0.3 is 0 Å². The van der Waals surface area contributed by atoms with Crippen LogP contribution < -0.4 is 5.32 Å². The van der Waals surface area contributed by atoms with Crippen LogP contribution in [0.4, 0.5) is 0 Å². The number of thioether (sulfide) groups is 1. The molecule has 0 spiro atoms. The topological polar surface area (TPSA) is 42.2 Å². The number of hydrogen-bond acceptors (Lipinski definition) is 3. The minimum Gasteiger partial charge on any atom is -0.469 e. The highest BCUT2D eigenvalue weighted by molar-refractivity contribution is 8.00. The van der Waals surface area contributed by atoms with Gasteiger partial charge in [-0.3, -0.25) is 4.79 Å². The highest BCUT2D eigenvalue weighted by atomic mass is 35.5. The van der Waals surface area contributed by atoms with Gasteiger partial charge in [-0.1, -0.05) is 11.6 Å². The SMILES string of the molecule is CC(Sc1ccc(Cl)cc1)C(=O)NCCc1ccco1. The summed E-state index contributed by atoms with van der Waals surface area (Å²) < 4.78 is 5.21. The fourth-order valence-corrected chi connectivity index (χ4v) is 2.70. The first-order valence-electron chi connectivity index (χ1n) is 6.37. The lowest BCUT2D eigenvalue weighted by molar-refractivity contribution is -0.120. The molecule has 0 aliphatic carbocycles. The highest BCUT2D eigenvalue weighted by Crippen LogP contribution is 2.24. The third-order valence-corrected chi connectivity index (χ3v) is 4.11. The second-order valence-electron chi connectivity index (χ2n) is 4.33. The van der Waals surface area contributed by atoms with Gasteiger partial charge in [-0.2, -0.15) is 0 Å². The number of rotatable bonds is 6. The summed E-state index contributed by atoms with van der Waals surface area (Å²) in [5.41, 5.74) is 0. The molecular formula is C15H16ClNO2S. The summed E-state index contributed by atoms with van der Waals surface area (Å²) in [5, 5.41) is 3.46. The molecule has 0 aliphatic heterocycles. The molecule has 0 radical (unpaired) electrons. The predicted octanol–water partition coefficient (Wildman–Crippen LogP) is 3.77. The van der Waals surface area contributed by atoms with E-state index in [-0.39, 0.29) is 11.2 Å². The van der Waals surface area contributed by atoms with Crippen molar-refractivity contribution in [2.45, 2.75) is 23.5 Å². The van der Waals surface area contributed by atoms with Crippen LogP contribution in [0.2, 0.25) is 5.02 Å². The Morgan fingerprint density at radius 3 is 2.75 bits per heavy atom. The van der Waals surface area contributed by atoms with Crippen LogP contribution in [0.25, 0.3) is 0 Å². The zero-order valence-corrected chi connectivity index (χ0v) is 12.7. The fraction of sp³-hybridized carbons (Fsp3) is 0.267. The molecule has 3 nitrogen and oxygen atoms in total. The molecular weight excluding hydrogens is 294 g/mol. The van der Waals surface area contributed by atoms with E-state index in [2.05, 4.69) is 5.32 Å². The quantitative estimate of drug-likeness (QED) is 0.826. The summed E-state index contributed by atoms with van der Waals surface area (Å²) in [6.07, 6.45) is 2.34. The van der Waals surface area contributed by atoms with Gasteiger partial charge < -0.3 is 9.73 Å². The van der Waals surface area contributed by atoms with Crippen molar-refractivity contribution in [3.63, 3.8) is 0 Å². The van der Waals surface area contributed by atoms with Gasteiger partial charge in [-0.15, -0.1) is 11.8 Å². The molecule has 1 aromatic carbocycles. The molecule has 1 unspecified atom stereocenters. The van der Waals surface area contributed by atoms with Crippen LogP contribution in [0, 0.1) is 0 Å². The molecule has 5 heteroatoms. The molecule has 0 saturated carbocycles. The predicted molar refractivity (Wildman–Crippen MR) is 82.2 cm³/mol. The van der Waals surface area contributed by atoms with Crippen molar-refractivity contribution in [2.24, 2.45) is 0 Å². The lowest BCUT2D eigenvalue weighted by Gasteiger charge is -2.11. The van der Waals surface area contributed by atoms with E-state index < -0.39 is 0 Å². The van der Waals surface area contributed by atoms with E-state index in [9.17, 15) is 4.79 Å². The van der Waals surface area contributed by atoms with E-state index in [1.54, 1.807) is 6.26 Å². The number of amides is 1. The van der Waals surface area contributed by atoms with Crippen LogP contribution in [0.1, 0.15) is 12.7 Å². The molecule has 2 rings (SSSR count). The van der Waals surface area contributed by atoms with E-state index in [4.69, 9.17) is 16.0 Å². The summed E-state index contributed by atoms with van der Waals surface area (Å²) in [6, 6.07) is 11.2. The molecule has 0 saturated heterocycles. The summed E-state index contributed by atoms with van der Waals surface area (Å²) in [5.74, 6) is 0.903. The van der Waals surface area contributed by atoms with Crippen molar-refractivity contribution in [1.29, 1.82) is 0 Å². The number of benzene rings is 1. The first kappa shape index (κ1) is 15.0. The number of halogens is 1. The Kier molecular flexibility index (Phi) is 5.56. The molecule has 2 aromatic rings. The third-order valence-electron chi connectivity index (χ3n) is 2.75. The largest absolute Gasteiger partial charge is 0.469 e. The first-order chi connectivity index (χ1) is 9.65. The van der Waals surface area contributed by atoms with Crippen LogP contribution in [0.15, 0.2) is 52.0 Å². The minimum absolute atomic E-state index is 0.0245. The van der Waals surface area contributed by atoms with Crippen LogP contribution in [0.5, 0.6) is 0 Å². The van der Waals surface area contributed by atoms with Gasteiger partial charge in [0.1, 0.15) is 5.76 Å². The molecule has 106 valence electrons. The zero-order valence-electron chi connectivity index (χ0n) is 11.1. The van der Waals surface area contributed by atoms with Gasteiger partial charge in [0.2, 0.25) is 5.91 Å². The Morgan fingerprint density at radius 1 is 1.35 bits per heavy atom. The normalized spacial score (nSPS) is 12.1. The van der Waals surface area contributed by atoms with Crippen molar-refractivity contribution in [1.82, 2.24) is 5.32 Å². The average Bonchev–Trinajstić information content (AvgIpc) is 2.94. The average molecular weight is 310 g/mol. The van der Waals surface area contributed by atoms with Crippen LogP contribution in [-0.4, -0.2) is 17.7 Å². The molecule has 1 N–H and O–H groups in total. The van der Waals surface area contributed by atoms with Gasteiger partial charge in [0.25, 0.3) is 0 Å². The highest BCUT2D eigenvalue weighted by Gasteiger charge is 2.13. The maximum absolute atomic E-state index is 12.0. The lowest BCUT2D eigenvalue weighted by Crippen LogP contribution is -2.32. The third kappa shape index (κ3) is 4.62. The second-order valence-corrected chi connectivity index (χ2v) is 6.19. The Balaban J connectivity index is 1.75. The molecule has 1 amide bonds. The van der Waals surface area contributed by atoms with Crippen LogP contribution in [0.3, 0.4) is 0 Å². The summed E-state index contributed by atoms with van der Waals surface area (Å²) in [7, 11) is 0. The van der Waals surface area contributed by atoms with E-state index in [0.717, 1.165) is 10.7 Å². The van der Waals surface area contributed by atoms with Gasteiger partial charge in [-0.05, 0) is 43.3 Å². The maximum Gasteiger partial charge on any atom is 0.233 e. The smallest absolute Gasteiger partial charge is 0.233 e. The van der Waals surface area contributed by atoms with E-state index in [0.29, 0.717) is 18.0 Å². The van der Waals surface area contributed by atoms with E-state index in [1.165, 1.54) is 11.8 Å². The van der Waals surface area contributed by atoms with Crippen LogP contribution in [-0.2, 0) is 11.2 Å². The van der Waals surface area contributed by atoms with Gasteiger partial charge in [0, 0.05) is 22.9 Å². The Hall–Kier alpha value is -1.39. The molecule has 1 aromatic heterocycles. The second kappa shape index (κ2) is 7.41. The van der Waals surface area contributed by atoms with Gasteiger partial charge in [0.15, 0.2) is 0 Å². The van der Waals surface area contributed by atoms with E-state index in [1.807, 2.05) is 43.3 Å². The summed E-state index contributed by atoms with van der Waals surface area (Å²) in [6.45, 7) is 2.47. The van der Waals surface area contributed by atoms with Crippen molar-refractivity contribution < 1.29 is 9.21 Å². The minimum atomic E-state index is -0.146. The van der Waals surface area contributed by atoms with Crippen molar-refractivity contribution in [3.05, 3.63) is 53.4 Å². The molecule has 0 aliphatic rings. The monoisotopic (exact) mass is 309 g/mol. The molecule has 0 bridgehead atoms. The molecule has 0 fully saturated rings. The Labute approximate surface area is 127 Å². The summed E-state index contributed by atoms with van der Waals surface area (Å²) in [4.78, 5) is 13.0. The number of furan rings is 1. The standard InChI is InChI=1S/C15H16ClNO2S/c1-11(20-14-6-4-12(16)5-7-14)15(18)17-9-8-13-3-2-10-19-13/h2-7,10-11H,8-9H2,1H3,(H,17,18). The van der Waals surface area contributed by atoms with E-state index >= 15 is 0 Å². The number of nitrogens with one attached hydrogen (secondary N) is 1. The van der Waals surface area contributed by atoms with Crippen molar-refractivity contribution in [3.8, 4) is 0 Å². The lowest BCUT2D eigenvalue weighted by atomic mass is 10.3. The van der Waals surface area contributed by atoms with Crippen molar-refractivity contribution in [2.75, 3.05) is 6.54 Å². The van der Waals surface area contributed by atoms with Gasteiger partial charge in [0.05, 0.1) is 11.5 Å². The van der Waals surface area contributed by atoms with Crippen LogP contribution >= 0.6 is 23.4 Å². The fourth-order valence-electron chi connectivity index (χ4n) is 1.68. The Morgan fingerprint density at radius 2 is 2.10 bits per heavy atom. The maximum atomic E-state index is 12.0.